The lowest BCUT2D eigenvalue weighted by molar-refractivity contribution is 0.112. The third-order valence-corrected chi connectivity index (χ3v) is 2.60. The van der Waals surface area contributed by atoms with Crippen LogP contribution >= 0.6 is 11.6 Å². The summed E-state index contributed by atoms with van der Waals surface area (Å²) in [5, 5.41) is 3.72. The predicted molar refractivity (Wildman–Crippen MR) is 51.4 cm³/mol. The second-order valence-electron chi connectivity index (χ2n) is 3.22. The van der Waals surface area contributed by atoms with Crippen molar-refractivity contribution in [2.24, 2.45) is 0 Å². The van der Waals surface area contributed by atoms with Crippen LogP contribution in [0.25, 0.3) is 0 Å². The number of anilines is 1. The standard InChI is InChI=1S/C9H9ClN2O/c1-5-2-7-8(10)6(4-13)3-11-9(7)12-5/h3-5H,2H2,1H3,(H,11,12). The van der Waals surface area contributed by atoms with Gasteiger partial charge in [-0.25, -0.2) is 4.98 Å². The second kappa shape index (κ2) is 3.00. The van der Waals surface area contributed by atoms with Crippen molar-refractivity contribution in [3.8, 4) is 0 Å². The van der Waals surface area contributed by atoms with Gasteiger partial charge in [-0.1, -0.05) is 11.6 Å². The van der Waals surface area contributed by atoms with Gasteiger partial charge in [0.25, 0.3) is 0 Å². The number of aldehydes is 1. The number of rotatable bonds is 1. The van der Waals surface area contributed by atoms with Crippen LogP contribution in [0.15, 0.2) is 6.20 Å². The minimum absolute atomic E-state index is 0.349. The maximum absolute atomic E-state index is 10.6. The van der Waals surface area contributed by atoms with Crippen LogP contribution in [0.3, 0.4) is 0 Å². The number of nitrogens with one attached hydrogen (secondary N) is 1. The summed E-state index contributed by atoms with van der Waals surface area (Å²) in [5.41, 5.74) is 1.43. The van der Waals surface area contributed by atoms with Crippen LogP contribution in [-0.2, 0) is 6.42 Å². The van der Waals surface area contributed by atoms with Crippen LogP contribution < -0.4 is 5.32 Å². The monoisotopic (exact) mass is 196 g/mol. The summed E-state index contributed by atoms with van der Waals surface area (Å²) in [6, 6.07) is 0.349. The van der Waals surface area contributed by atoms with E-state index in [9.17, 15) is 4.79 Å². The molecule has 0 saturated carbocycles. The Hall–Kier alpha value is -1.09. The molecular formula is C9H9ClN2O. The van der Waals surface area contributed by atoms with Crippen LogP contribution in [0, 0.1) is 0 Å². The van der Waals surface area contributed by atoms with Gasteiger partial charge in [0, 0.05) is 17.8 Å². The number of hydrogen-bond acceptors (Lipinski definition) is 3. The number of hydrogen-bond donors (Lipinski definition) is 1. The molecule has 0 aromatic carbocycles. The van der Waals surface area contributed by atoms with Gasteiger partial charge in [-0.2, -0.15) is 0 Å². The fourth-order valence-electron chi connectivity index (χ4n) is 1.53. The highest BCUT2D eigenvalue weighted by molar-refractivity contribution is 6.34. The highest BCUT2D eigenvalue weighted by atomic mass is 35.5. The predicted octanol–water partition coefficient (Wildman–Crippen LogP) is 1.90. The van der Waals surface area contributed by atoms with Crippen molar-refractivity contribution in [3.05, 3.63) is 22.3 Å². The number of carbonyl (C=O) groups is 1. The van der Waals surface area contributed by atoms with E-state index in [-0.39, 0.29) is 0 Å². The van der Waals surface area contributed by atoms with Gasteiger partial charge in [-0.05, 0) is 13.3 Å². The first-order valence-electron chi connectivity index (χ1n) is 4.11. The first-order chi connectivity index (χ1) is 6.22. The van der Waals surface area contributed by atoms with E-state index in [0.717, 1.165) is 24.1 Å². The van der Waals surface area contributed by atoms with Crippen molar-refractivity contribution >= 4 is 23.7 Å². The van der Waals surface area contributed by atoms with Gasteiger partial charge in [0.1, 0.15) is 5.82 Å². The molecule has 1 aliphatic heterocycles. The largest absolute Gasteiger partial charge is 0.367 e. The molecule has 1 aromatic rings. The lowest BCUT2D eigenvalue weighted by Gasteiger charge is -2.02. The van der Waals surface area contributed by atoms with Crippen LogP contribution in [0.2, 0.25) is 5.02 Å². The molecule has 0 spiro atoms. The van der Waals surface area contributed by atoms with Crippen LogP contribution in [0.4, 0.5) is 5.82 Å². The molecule has 0 fully saturated rings. The number of pyridine rings is 1. The average molecular weight is 197 g/mol. The van der Waals surface area contributed by atoms with E-state index >= 15 is 0 Å². The molecule has 68 valence electrons. The molecule has 0 aliphatic carbocycles. The Labute approximate surface area is 81.1 Å². The van der Waals surface area contributed by atoms with Crippen molar-refractivity contribution < 1.29 is 4.79 Å². The Morgan fingerprint density at radius 1 is 1.77 bits per heavy atom. The number of carbonyl (C=O) groups excluding carboxylic acids is 1. The number of nitrogens with zero attached hydrogens (tertiary/aromatic N) is 1. The lowest BCUT2D eigenvalue weighted by Crippen LogP contribution is -2.08. The van der Waals surface area contributed by atoms with E-state index in [1.54, 1.807) is 0 Å². The van der Waals surface area contributed by atoms with Crippen molar-refractivity contribution in [1.29, 1.82) is 0 Å². The Kier molecular flexibility index (Phi) is 1.96. The molecule has 2 heterocycles. The van der Waals surface area contributed by atoms with Crippen LogP contribution in [0.1, 0.15) is 22.8 Å². The zero-order valence-electron chi connectivity index (χ0n) is 7.17. The molecule has 4 heteroatoms. The fourth-order valence-corrected chi connectivity index (χ4v) is 1.79. The van der Waals surface area contributed by atoms with Gasteiger partial charge in [0.15, 0.2) is 6.29 Å². The maximum atomic E-state index is 10.6. The van der Waals surface area contributed by atoms with Crippen LogP contribution in [0.5, 0.6) is 0 Å². The van der Waals surface area contributed by atoms with Gasteiger partial charge < -0.3 is 5.32 Å². The number of halogens is 1. The first kappa shape index (κ1) is 8.51. The molecule has 0 radical (unpaired) electrons. The summed E-state index contributed by atoms with van der Waals surface area (Å²) in [5.74, 6) is 0.808. The summed E-state index contributed by atoms with van der Waals surface area (Å²) in [4.78, 5) is 14.7. The molecule has 3 nitrogen and oxygen atoms in total. The molecule has 0 amide bonds. The minimum Gasteiger partial charge on any atom is -0.367 e. The van der Waals surface area contributed by atoms with E-state index in [2.05, 4.69) is 17.2 Å². The molecule has 0 saturated heterocycles. The van der Waals surface area contributed by atoms with Crippen molar-refractivity contribution in [2.75, 3.05) is 5.32 Å². The highest BCUT2D eigenvalue weighted by Gasteiger charge is 2.22. The summed E-state index contributed by atoms with van der Waals surface area (Å²) in [7, 11) is 0. The molecule has 1 unspecified atom stereocenters. The van der Waals surface area contributed by atoms with E-state index in [1.807, 2.05) is 0 Å². The smallest absolute Gasteiger partial charge is 0.153 e. The zero-order chi connectivity index (χ0) is 9.42. The van der Waals surface area contributed by atoms with Crippen LogP contribution in [-0.4, -0.2) is 17.3 Å². The van der Waals surface area contributed by atoms with Gasteiger partial charge in [-0.15, -0.1) is 0 Å². The van der Waals surface area contributed by atoms with Crippen molar-refractivity contribution in [3.63, 3.8) is 0 Å². The second-order valence-corrected chi connectivity index (χ2v) is 3.60. The van der Waals surface area contributed by atoms with E-state index in [4.69, 9.17) is 11.6 Å². The normalized spacial score (nSPS) is 19.4. The van der Waals surface area contributed by atoms with E-state index in [1.165, 1.54) is 6.20 Å². The van der Waals surface area contributed by atoms with E-state index < -0.39 is 0 Å². The molecule has 1 N–H and O–H groups in total. The SMILES string of the molecule is CC1Cc2c(ncc(C=O)c2Cl)N1. The van der Waals surface area contributed by atoms with Gasteiger partial charge in [-0.3, -0.25) is 4.79 Å². The summed E-state index contributed by atoms with van der Waals surface area (Å²) < 4.78 is 0. The lowest BCUT2D eigenvalue weighted by atomic mass is 10.1. The zero-order valence-corrected chi connectivity index (χ0v) is 7.93. The summed E-state index contributed by atoms with van der Waals surface area (Å²) >= 11 is 6.01. The quantitative estimate of drug-likeness (QED) is 0.698. The molecule has 1 aliphatic rings. The van der Waals surface area contributed by atoms with E-state index in [0.29, 0.717) is 16.6 Å². The molecule has 1 atom stereocenters. The van der Waals surface area contributed by atoms with Crippen molar-refractivity contribution in [2.45, 2.75) is 19.4 Å². The Morgan fingerprint density at radius 3 is 3.23 bits per heavy atom. The molecule has 1 aromatic heterocycles. The Bertz CT molecular complexity index is 365. The molecule has 13 heavy (non-hydrogen) atoms. The maximum Gasteiger partial charge on any atom is 0.153 e. The fraction of sp³-hybridized carbons (Fsp3) is 0.333. The molecular weight excluding hydrogens is 188 g/mol. The Morgan fingerprint density at radius 2 is 2.54 bits per heavy atom. The third-order valence-electron chi connectivity index (χ3n) is 2.16. The van der Waals surface area contributed by atoms with Gasteiger partial charge in [0.2, 0.25) is 0 Å². The van der Waals surface area contributed by atoms with Gasteiger partial charge >= 0.3 is 0 Å². The third kappa shape index (κ3) is 1.29. The topological polar surface area (TPSA) is 42.0 Å². The van der Waals surface area contributed by atoms with Gasteiger partial charge in [0.05, 0.1) is 10.6 Å². The summed E-state index contributed by atoms with van der Waals surface area (Å²) in [6.45, 7) is 2.05. The highest BCUT2D eigenvalue weighted by Crippen LogP contribution is 2.31. The molecule has 2 rings (SSSR count). The Balaban J connectivity index is 2.54. The van der Waals surface area contributed by atoms with Crippen molar-refractivity contribution in [1.82, 2.24) is 4.98 Å². The summed E-state index contributed by atoms with van der Waals surface area (Å²) in [6.07, 6.45) is 3.07. The number of aromatic nitrogens is 1. The molecule has 0 bridgehead atoms. The first-order valence-corrected chi connectivity index (χ1v) is 4.49. The average Bonchev–Trinajstić information content (AvgIpc) is 2.47. The number of fused-ring (bicyclic) bond motifs is 1. The minimum atomic E-state index is 0.349.